The lowest BCUT2D eigenvalue weighted by Gasteiger charge is -2.20. The van der Waals surface area contributed by atoms with Gasteiger partial charge in [-0.05, 0) is 24.0 Å². The van der Waals surface area contributed by atoms with Crippen LogP contribution < -0.4 is 10.6 Å². The molecule has 2 unspecified atom stereocenters. The van der Waals surface area contributed by atoms with Gasteiger partial charge < -0.3 is 10.6 Å². The first-order chi connectivity index (χ1) is 13.8. The Labute approximate surface area is 180 Å². The lowest BCUT2D eigenvalue weighted by Crippen LogP contribution is -2.40. The SMILES string of the molecule is CCC(CSCc1ccccc1)NCCNC(CC)CSCc1ccccc1. The van der Waals surface area contributed by atoms with Crippen LogP contribution in [0.3, 0.4) is 0 Å². The molecule has 2 atom stereocenters. The van der Waals surface area contributed by atoms with Crippen LogP contribution in [0.5, 0.6) is 0 Å². The van der Waals surface area contributed by atoms with Crippen molar-refractivity contribution in [2.75, 3.05) is 24.6 Å². The number of benzene rings is 2. The zero-order valence-electron chi connectivity index (χ0n) is 17.4. The molecule has 4 heteroatoms. The van der Waals surface area contributed by atoms with Gasteiger partial charge >= 0.3 is 0 Å². The molecule has 2 aromatic carbocycles. The minimum atomic E-state index is 0.600. The van der Waals surface area contributed by atoms with E-state index in [-0.39, 0.29) is 0 Å². The Morgan fingerprint density at radius 2 is 1.04 bits per heavy atom. The molecule has 0 bridgehead atoms. The molecule has 0 radical (unpaired) electrons. The summed E-state index contributed by atoms with van der Waals surface area (Å²) in [4.78, 5) is 0. The molecule has 0 aliphatic rings. The molecule has 0 saturated heterocycles. The van der Waals surface area contributed by atoms with E-state index in [1.165, 1.54) is 35.5 Å². The van der Waals surface area contributed by atoms with Crippen LogP contribution in [0.2, 0.25) is 0 Å². The maximum absolute atomic E-state index is 3.73. The van der Waals surface area contributed by atoms with Crippen molar-refractivity contribution in [2.24, 2.45) is 0 Å². The van der Waals surface area contributed by atoms with E-state index in [4.69, 9.17) is 0 Å². The Morgan fingerprint density at radius 1 is 0.643 bits per heavy atom. The van der Waals surface area contributed by atoms with E-state index in [0.717, 1.165) is 24.6 Å². The molecule has 2 aromatic rings. The summed E-state index contributed by atoms with van der Waals surface area (Å²) in [5, 5.41) is 7.45. The van der Waals surface area contributed by atoms with E-state index in [1.807, 2.05) is 23.5 Å². The fourth-order valence-electron chi connectivity index (χ4n) is 2.98. The van der Waals surface area contributed by atoms with Crippen molar-refractivity contribution < 1.29 is 0 Å². The average Bonchev–Trinajstić information content (AvgIpc) is 2.75. The second-order valence-corrected chi connectivity index (χ2v) is 9.18. The molecule has 0 saturated carbocycles. The molecule has 0 spiro atoms. The van der Waals surface area contributed by atoms with Crippen LogP contribution in [-0.2, 0) is 11.5 Å². The largest absolute Gasteiger partial charge is 0.312 e. The van der Waals surface area contributed by atoms with Gasteiger partial charge in [0.2, 0.25) is 0 Å². The molecule has 0 aliphatic carbocycles. The third-order valence-electron chi connectivity index (χ3n) is 4.84. The Morgan fingerprint density at radius 3 is 1.39 bits per heavy atom. The number of thioether (sulfide) groups is 2. The van der Waals surface area contributed by atoms with Crippen molar-refractivity contribution in [3.63, 3.8) is 0 Å². The Bertz CT molecular complexity index is 551. The van der Waals surface area contributed by atoms with Crippen molar-refractivity contribution in [3.8, 4) is 0 Å². The first-order valence-corrected chi connectivity index (χ1v) is 12.8. The second kappa shape index (κ2) is 15.0. The van der Waals surface area contributed by atoms with Crippen LogP contribution in [-0.4, -0.2) is 36.7 Å². The van der Waals surface area contributed by atoms with Gasteiger partial charge in [0, 0.05) is 48.2 Å². The van der Waals surface area contributed by atoms with Crippen LogP contribution >= 0.6 is 23.5 Å². The summed E-state index contributed by atoms with van der Waals surface area (Å²) < 4.78 is 0. The van der Waals surface area contributed by atoms with Crippen molar-refractivity contribution >= 4 is 23.5 Å². The molecule has 154 valence electrons. The molecule has 2 N–H and O–H groups in total. The van der Waals surface area contributed by atoms with Crippen molar-refractivity contribution in [1.82, 2.24) is 10.6 Å². The van der Waals surface area contributed by atoms with Gasteiger partial charge in [-0.3, -0.25) is 0 Å². The smallest absolute Gasteiger partial charge is 0.0185 e. The van der Waals surface area contributed by atoms with E-state index in [9.17, 15) is 0 Å². The average molecular weight is 417 g/mol. The van der Waals surface area contributed by atoms with Gasteiger partial charge in [-0.15, -0.1) is 0 Å². The highest BCUT2D eigenvalue weighted by molar-refractivity contribution is 7.98. The first kappa shape index (κ1) is 23.3. The van der Waals surface area contributed by atoms with Crippen molar-refractivity contribution in [2.45, 2.75) is 50.3 Å². The highest BCUT2D eigenvalue weighted by atomic mass is 32.2. The van der Waals surface area contributed by atoms with Crippen LogP contribution in [0.4, 0.5) is 0 Å². The topological polar surface area (TPSA) is 24.1 Å². The zero-order valence-corrected chi connectivity index (χ0v) is 19.0. The molecule has 0 heterocycles. The zero-order chi connectivity index (χ0) is 19.9. The fourth-order valence-corrected chi connectivity index (χ4v) is 5.35. The Balaban J connectivity index is 1.54. The Hall–Kier alpha value is -0.940. The monoisotopic (exact) mass is 416 g/mol. The molecule has 0 amide bonds. The predicted molar refractivity (Wildman–Crippen MR) is 129 cm³/mol. The lowest BCUT2D eigenvalue weighted by molar-refractivity contribution is 0.487. The summed E-state index contributed by atoms with van der Waals surface area (Å²) in [6.07, 6.45) is 2.37. The number of hydrogen-bond donors (Lipinski definition) is 2. The minimum Gasteiger partial charge on any atom is -0.312 e. The van der Waals surface area contributed by atoms with Gasteiger partial charge in [0.25, 0.3) is 0 Å². The third kappa shape index (κ3) is 10.0. The summed E-state index contributed by atoms with van der Waals surface area (Å²) in [5.41, 5.74) is 2.84. The van der Waals surface area contributed by atoms with E-state index in [1.54, 1.807) is 0 Å². The second-order valence-electron chi connectivity index (χ2n) is 7.12. The van der Waals surface area contributed by atoms with Gasteiger partial charge in [-0.2, -0.15) is 23.5 Å². The van der Waals surface area contributed by atoms with Crippen LogP contribution in [0, 0.1) is 0 Å². The maximum Gasteiger partial charge on any atom is 0.0185 e. The molecule has 28 heavy (non-hydrogen) atoms. The molecular weight excluding hydrogens is 380 g/mol. The maximum atomic E-state index is 3.73. The third-order valence-corrected chi connectivity index (χ3v) is 7.19. The van der Waals surface area contributed by atoms with Crippen LogP contribution in [0.1, 0.15) is 37.8 Å². The molecule has 2 rings (SSSR count). The Kier molecular flexibility index (Phi) is 12.5. The molecule has 2 nitrogen and oxygen atoms in total. The van der Waals surface area contributed by atoms with Gasteiger partial charge in [-0.25, -0.2) is 0 Å². The highest BCUT2D eigenvalue weighted by Crippen LogP contribution is 2.15. The number of nitrogens with one attached hydrogen (secondary N) is 2. The van der Waals surface area contributed by atoms with E-state index < -0.39 is 0 Å². The molecule has 0 fully saturated rings. The summed E-state index contributed by atoms with van der Waals surface area (Å²) in [5.74, 6) is 4.56. The number of hydrogen-bond acceptors (Lipinski definition) is 4. The predicted octanol–water partition coefficient (Wildman–Crippen LogP) is 5.59. The lowest BCUT2D eigenvalue weighted by atomic mass is 10.2. The standard InChI is InChI=1S/C24H36N2S2/c1-3-23(19-27-17-21-11-7-5-8-12-21)25-15-16-26-24(4-2)20-28-18-22-13-9-6-10-14-22/h5-14,23-26H,3-4,15-20H2,1-2H3. The van der Waals surface area contributed by atoms with Gasteiger partial charge in [-0.1, -0.05) is 74.5 Å². The van der Waals surface area contributed by atoms with E-state index in [0.29, 0.717) is 12.1 Å². The first-order valence-electron chi connectivity index (χ1n) is 10.5. The normalized spacial score (nSPS) is 13.4. The van der Waals surface area contributed by atoms with Gasteiger partial charge in [0.1, 0.15) is 0 Å². The summed E-state index contributed by atoms with van der Waals surface area (Å²) >= 11 is 4.06. The fraction of sp³-hybridized carbons (Fsp3) is 0.500. The van der Waals surface area contributed by atoms with E-state index in [2.05, 4.69) is 85.1 Å². The van der Waals surface area contributed by atoms with Crippen molar-refractivity contribution in [3.05, 3.63) is 71.8 Å². The highest BCUT2D eigenvalue weighted by Gasteiger charge is 2.08. The molecule has 0 aliphatic heterocycles. The van der Waals surface area contributed by atoms with Crippen LogP contribution in [0.25, 0.3) is 0 Å². The van der Waals surface area contributed by atoms with Crippen LogP contribution in [0.15, 0.2) is 60.7 Å². The molecular formula is C24H36N2S2. The number of rotatable bonds is 15. The molecule has 0 aromatic heterocycles. The minimum absolute atomic E-state index is 0.600. The summed E-state index contributed by atoms with van der Waals surface area (Å²) in [7, 11) is 0. The van der Waals surface area contributed by atoms with Gasteiger partial charge in [0.15, 0.2) is 0 Å². The summed E-state index contributed by atoms with van der Waals surface area (Å²) in [6, 6.07) is 22.7. The summed E-state index contributed by atoms with van der Waals surface area (Å²) in [6.45, 7) is 6.65. The quantitative estimate of drug-likeness (QED) is 0.370. The van der Waals surface area contributed by atoms with Gasteiger partial charge in [0.05, 0.1) is 0 Å². The van der Waals surface area contributed by atoms with Crippen molar-refractivity contribution in [1.29, 1.82) is 0 Å². The van der Waals surface area contributed by atoms with E-state index >= 15 is 0 Å².